The second-order valence-corrected chi connectivity index (χ2v) is 7.59. The van der Waals surface area contributed by atoms with Gasteiger partial charge in [-0.1, -0.05) is 12.1 Å². The van der Waals surface area contributed by atoms with Gasteiger partial charge in [0.1, 0.15) is 12.9 Å². The SMILES string of the molecule is Cc1cccc2c(=O)n(CC(=O)Nc3ccc(Sc4nncn4C)cc3)cnc12. The summed E-state index contributed by atoms with van der Waals surface area (Å²) in [5.41, 5.74) is 2.00. The third kappa shape index (κ3) is 4.04. The van der Waals surface area contributed by atoms with Crippen LogP contribution in [-0.2, 0) is 18.4 Å². The van der Waals surface area contributed by atoms with Gasteiger partial charge in [0, 0.05) is 17.6 Å². The third-order valence-electron chi connectivity index (χ3n) is 4.39. The molecule has 0 radical (unpaired) electrons. The number of aromatic nitrogens is 5. The maximum Gasteiger partial charge on any atom is 0.261 e. The number of carbonyl (C=O) groups is 1. The zero-order valence-electron chi connectivity index (χ0n) is 15.9. The van der Waals surface area contributed by atoms with E-state index in [1.54, 1.807) is 24.5 Å². The molecule has 2 heterocycles. The smallest absolute Gasteiger partial charge is 0.261 e. The molecule has 4 rings (SSSR count). The van der Waals surface area contributed by atoms with Crippen LogP contribution >= 0.6 is 11.8 Å². The topological polar surface area (TPSA) is 94.7 Å². The monoisotopic (exact) mass is 406 g/mol. The van der Waals surface area contributed by atoms with Crippen molar-refractivity contribution in [1.82, 2.24) is 24.3 Å². The molecule has 8 nitrogen and oxygen atoms in total. The van der Waals surface area contributed by atoms with Crippen molar-refractivity contribution in [3.05, 3.63) is 71.0 Å². The van der Waals surface area contributed by atoms with Crippen molar-refractivity contribution in [1.29, 1.82) is 0 Å². The Morgan fingerprint density at radius 2 is 1.93 bits per heavy atom. The minimum atomic E-state index is -0.297. The van der Waals surface area contributed by atoms with Crippen LogP contribution in [0.5, 0.6) is 0 Å². The van der Waals surface area contributed by atoms with E-state index in [0.717, 1.165) is 15.6 Å². The van der Waals surface area contributed by atoms with Crippen LogP contribution in [0.1, 0.15) is 5.56 Å². The number of benzene rings is 2. The summed E-state index contributed by atoms with van der Waals surface area (Å²) in [4.78, 5) is 30.3. The molecule has 2 aromatic heterocycles. The van der Waals surface area contributed by atoms with E-state index >= 15 is 0 Å². The number of fused-ring (bicyclic) bond motifs is 1. The molecule has 0 atom stereocenters. The van der Waals surface area contributed by atoms with Crippen molar-refractivity contribution in [2.24, 2.45) is 7.05 Å². The van der Waals surface area contributed by atoms with Crippen LogP contribution in [0.3, 0.4) is 0 Å². The van der Waals surface area contributed by atoms with Crippen LogP contribution in [-0.4, -0.2) is 30.2 Å². The molecule has 0 bridgehead atoms. The summed E-state index contributed by atoms with van der Waals surface area (Å²) in [7, 11) is 1.88. The van der Waals surface area contributed by atoms with E-state index in [4.69, 9.17) is 0 Å². The molecule has 0 aliphatic carbocycles. The van der Waals surface area contributed by atoms with Gasteiger partial charge in [-0.15, -0.1) is 10.2 Å². The molecule has 2 aromatic carbocycles. The Morgan fingerprint density at radius 1 is 1.14 bits per heavy atom. The molecular weight excluding hydrogens is 388 g/mol. The predicted octanol–water partition coefficient (Wildman–Crippen LogP) is 2.62. The van der Waals surface area contributed by atoms with Gasteiger partial charge in [0.25, 0.3) is 5.56 Å². The van der Waals surface area contributed by atoms with Gasteiger partial charge in [0.2, 0.25) is 5.91 Å². The molecule has 0 aliphatic rings. The lowest BCUT2D eigenvalue weighted by Gasteiger charge is -2.09. The van der Waals surface area contributed by atoms with Crippen LogP contribution in [0.15, 0.2) is 70.0 Å². The van der Waals surface area contributed by atoms with Crippen LogP contribution in [0, 0.1) is 6.92 Å². The number of hydrogen-bond donors (Lipinski definition) is 1. The highest BCUT2D eigenvalue weighted by Gasteiger charge is 2.10. The van der Waals surface area contributed by atoms with Crippen molar-refractivity contribution in [3.63, 3.8) is 0 Å². The summed E-state index contributed by atoms with van der Waals surface area (Å²) in [6, 6.07) is 12.8. The number of nitrogens with one attached hydrogen (secondary N) is 1. The maximum atomic E-state index is 12.6. The third-order valence-corrected chi connectivity index (χ3v) is 5.45. The lowest BCUT2D eigenvalue weighted by molar-refractivity contribution is -0.116. The zero-order valence-corrected chi connectivity index (χ0v) is 16.7. The number of para-hydroxylation sites is 1. The first-order chi connectivity index (χ1) is 14.0. The molecule has 29 heavy (non-hydrogen) atoms. The number of carbonyl (C=O) groups excluding carboxylic acids is 1. The quantitative estimate of drug-likeness (QED) is 0.547. The number of rotatable bonds is 5. The first kappa shape index (κ1) is 18.9. The number of anilines is 1. The summed E-state index contributed by atoms with van der Waals surface area (Å²) in [5.74, 6) is -0.297. The van der Waals surface area contributed by atoms with Gasteiger partial charge in [-0.2, -0.15) is 0 Å². The van der Waals surface area contributed by atoms with E-state index in [1.807, 2.05) is 42.8 Å². The van der Waals surface area contributed by atoms with Crippen LogP contribution in [0.4, 0.5) is 5.69 Å². The number of hydrogen-bond acceptors (Lipinski definition) is 6. The standard InChI is InChI=1S/C20H18N6O2S/c1-13-4-3-5-16-18(13)21-11-26(19(16)28)10-17(27)23-14-6-8-15(9-7-14)29-20-24-22-12-25(20)2/h3-9,11-12H,10H2,1-2H3,(H,23,27). The first-order valence-electron chi connectivity index (χ1n) is 8.88. The van der Waals surface area contributed by atoms with Gasteiger partial charge in [0.05, 0.1) is 17.2 Å². The Morgan fingerprint density at radius 3 is 2.66 bits per heavy atom. The molecule has 0 saturated heterocycles. The molecular formula is C20H18N6O2S. The normalized spacial score (nSPS) is 11.0. The van der Waals surface area contributed by atoms with E-state index in [-0.39, 0.29) is 18.0 Å². The first-order valence-corrected chi connectivity index (χ1v) is 9.69. The molecule has 0 fully saturated rings. The molecule has 0 saturated carbocycles. The lowest BCUT2D eigenvalue weighted by Crippen LogP contribution is -2.28. The molecule has 0 aliphatic heterocycles. The average molecular weight is 406 g/mol. The highest BCUT2D eigenvalue weighted by Crippen LogP contribution is 2.26. The van der Waals surface area contributed by atoms with Crippen LogP contribution in [0.25, 0.3) is 10.9 Å². The molecule has 4 aromatic rings. The Bertz CT molecular complexity index is 1250. The summed E-state index contributed by atoms with van der Waals surface area (Å²) < 4.78 is 3.15. The van der Waals surface area contributed by atoms with Crippen molar-refractivity contribution in [2.75, 3.05) is 5.32 Å². The molecule has 0 spiro atoms. The minimum absolute atomic E-state index is 0.106. The number of nitrogens with zero attached hydrogens (tertiary/aromatic N) is 5. The summed E-state index contributed by atoms with van der Waals surface area (Å²) in [5, 5.41) is 12.0. The van der Waals surface area contributed by atoms with Gasteiger partial charge in [0.15, 0.2) is 5.16 Å². The van der Waals surface area contributed by atoms with Gasteiger partial charge >= 0.3 is 0 Å². The highest BCUT2D eigenvalue weighted by molar-refractivity contribution is 7.99. The van der Waals surface area contributed by atoms with E-state index in [0.29, 0.717) is 16.6 Å². The van der Waals surface area contributed by atoms with Gasteiger partial charge in [-0.25, -0.2) is 4.98 Å². The summed E-state index contributed by atoms with van der Waals surface area (Å²) in [6.07, 6.45) is 3.06. The number of amides is 1. The van der Waals surface area contributed by atoms with Crippen molar-refractivity contribution >= 4 is 34.3 Å². The molecule has 146 valence electrons. The van der Waals surface area contributed by atoms with Crippen LogP contribution < -0.4 is 10.9 Å². The molecule has 9 heteroatoms. The van der Waals surface area contributed by atoms with E-state index < -0.39 is 0 Å². The van der Waals surface area contributed by atoms with Crippen molar-refractivity contribution in [3.8, 4) is 0 Å². The minimum Gasteiger partial charge on any atom is -0.325 e. The van der Waals surface area contributed by atoms with Gasteiger partial charge in [-0.3, -0.25) is 14.2 Å². The molecule has 0 unspecified atom stereocenters. The predicted molar refractivity (Wildman–Crippen MR) is 111 cm³/mol. The van der Waals surface area contributed by atoms with E-state index in [9.17, 15) is 9.59 Å². The largest absolute Gasteiger partial charge is 0.325 e. The van der Waals surface area contributed by atoms with Crippen molar-refractivity contribution < 1.29 is 4.79 Å². The molecule has 1 amide bonds. The summed E-state index contributed by atoms with van der Waals surface area (Å²) in [6.45, 7) is 1.79. The average Bonchev–Trinajstić information content (AvgIpc) is 3.11. The zero-order chi connectivity index (χ0) is 20.4. The fourth-order valence-electron chi connectivity index (χ4n) is 2.88. The Hall–Kier alpha value is -3.46. The van der Waals surface area contributed by atoms with E-state index in [1.165, 1.54) is 22.7 Å². The number of aryl methyl sites for hydroxylation is 2. The highest BCUT2D eigenvalue weighted by atomic mass is 32.2. The van der Waals surface area contributed by atoms with Crippen LogP contribution in [0.2, 0.25) is 0 Å². The second-order valence-electron chi connectivity index (χ2n) is 6.55. The lowest BCUT2D eigenvalue weighted by atomic mass is 10.1. The maximum absolute atomic E-state index is 12.6. The van der Waals surface area contributed by atoms with Crippen molar-refractivity contribution in [2.45, 2.75) is 23.5 Å². The van der Waals surface area contributed by atoms with Gasteiger partial charge in [-0.05, 0) is 54.6 Å². The van der Waals surface area contributed by atoms with Gasteiger partial charge < -0.3 is 9.88 Å². The Labute approximate surface area is 170 Å². The summed E-state index contributed by atoms with van der Waals surface area (Å²) >= 11 is 1.48. The molecule has 1 N–H and O–H groups in total. The fraction of sp³-hybridized carbons (Fsp3) is 0.150. The Balaban J connectivity index is 1.45. The fourth-order valence-corrected chi connectivity index (χ4v) is 3.64. The Kier molecular flexibility index (Phi) is 5.13. The second kappa shape index (κ2) is 7.88. The van der Waals surface area contributed by atoms with E-state index in [2.05, 4.69) is 20.5 Å².